The SMILES string of the molecule is CCNc1nc(C(C)(C)C)nc(N(C)CC(C)C)c1C. The van der Waals surface area contributed by atoms with Crippen LogP contribution >= 0.6 is 0 Å². The molecule has 1 aromatic heterocycles. The van der Waals surface area contributed by atoms with E-state index in [-0.39, 0.29) is 5.41 Å². The van der Waals surface area contributed by atoms with E-state index in [1.165, 1.54) is 0 Å². The fourth-order valence-electron chi connectivity index (χ4n) is 2.19. The zero-order chi connectivity index (χ0) is 15.5. The summed E-state index contributed by atoms with van der Waals surface area (Å²) in [5, 5.41) is 3.36. The minimum absolute atomic E-state index is 0.0503. The Bertz CT molecular complexity index is 447. The van der Waals surface area contributed by atoms with Gasteiger partial charge in [0.1, 0.15) is 17.5 Å². The quantitative estimate of drug-likeness (QED) is 0.893. The van der Waals surface area contributed by atoms with Crippen molar-refractivity contribution in [1.29, 1.82) is 0 Å². The highest BCUT2D eigenvalue weighted by Crippen LogP contribution is 2.28. The third-order valence-corrected chi connectivity index (χ3v) is 3.14. The smallest absolute Gasteiger partial charge is 0.138 e. The normalized spacial score (nSPS) is 11.8. The van der Waals surface area contributed by atoms with Crippen LogP contribution in [0.1, 0.15) is 52.9 Å². The van der Waals surface area contributed by atoms with E-state index in [4.69, 9.17) is 9.97 Å². The minimum Gasteiger partial charge on any atom is -0.370 e. The Labute approximate surface area is 124 Å². The van der Waals surface area contributed by atoms with Crippen molar-refractivity contribution in [3.8, 4) is 0 Å². The van der Waals surface area contributed by atoms with Gasteiger partial charge in [0.15, 0.2) is 0 Å². The van der Waals surface area contributed by atoms with Gasteiger partial charge in [-0.15, -0.1) is 0 Å². The Hall–Kier alpha value is -1.32. The van der Waals surface area contributed by atoms with Gasteiger partial charge in [0.05, 0.1) is 0 Å². The highest BCUT2D eigenvalue weighted by atomic mass is 15.2. The molecule has 114 valence electrons. The van der Waals surface area contributed by atoms with Gasteiger partial charge in [0.2, 0.25) is 0 Å². The molecular formula is C16H30N4. The van der Waals surface area contributed by atoms with Crippen LogP contribution in [0.15, 0.2) is 0 Å². The predicted molar refractivity (Wildman–Crippen MR) is 87.7 cm³/mol. The predicted octanol–water partition coefficient (Wildman–Crippen LogP) is 3.61. The Morgan fingerprint density at radius 1 is 1.20 bits per heavy atom. The second-order valence-electron chi connectivity index (χ2n) is 6.90. The van der Waals surface area contributed by atoms with Crippen molar-refractivity contribution < 1.29 is 0 Å². The van der Waals surface area contributed by atoms with Crippen molar-refractivity contribution >= 4 is 11.6 Å². The molecule has 0 unspecified atom stereocenters. The molecule has 0 fully saturated rings. The summed E-state index contributed by atoms with van der Waals surface area (Å²) >= 11 is 0. The molecule has 0 aliphatic heterocycles. The highest BCUT2D eigenvalue weighted by Gasteiger charge is 2.22. The molecule has 1 rings (SSSR count). The van der Waals surface area contributed by atoms with Crippen LogP contribution in [0.4, 0.5) is 11.6 Å². The van der Waals surface area contributed by atoms with Crippen molar-refractivity contribution in [2.24, 2.45) is 5.92 Å². The summed E-state index contributed by atoms with van der Waals surface area (Å²) in [6.45, 7) is 17.0. The van der Waals surface area contributed by atoms with E-state index in [9.17, 15) is 0 Å². The Balaban J connectivity index is 3.30. The van der Waals surface area contributed by atoms with Gasteiger partial charge in [0, 0.05) is 31.1 Å². The second kappa shape index (κ2) is 6.42. The molecule has 20 heavy (non-hydrogen) atoms. The number of anilines is 2. The van der Waals surface area contributed by atoms with Gasteiger partial charge in [-0.1, -0.05) is 34.6 Å². The first-order valence-corrected chi connectivity index (χ1v) is 7.51. The van der Waals surface area contributed by atoms with Crippen LogP contribution in [0, 0.1) is 12.8 Å². The molecule has 0 atom stereocenters. The molecule has 0 aliphatic rings. The van der Waals surface area contributed by atoms with Crippen LogP contribution in [-0.4, -0.2) is 30.1 Å². The van der Waals surface area contributed by atoms with E-state index >= 15 is 0 Å². The fraction of sp³-hybridized carbons (Fsp3) is 0.750. The average Bonchev–Trinajstić information content (AvgIpc) is 2.29. The van der Waals surface area contributed by atoms with Crippen LogP contribution in [0.2, 0.25) is 0 Å². The summed E-state index contributed by atoms with van der Waals surface area (Å²) < 4.78 is 0. The molecule has 0 amide bonds. The van der Waals surface area contributed by atoms with Crippen molar-refractivity contribution in [2.45, 2.75) is 53.9 Å². The number of aromatic nitrogens is 2. The number of nitrogens with zero attached hydrogens (tertiary/aromatic N) is 3. The zero-order valence-electron chi connectivity index (χ0n) is 14.3. The number of rotatable bonds is 5. The minimum atomic E-state index is -0.0503. The van der Waals surface area contributed by atoms with Crippen LogP contribution in [0.5, 0.6) is 0 Å². The Kier molecular flexibility index (Phi) is 5.37. The summed E-state index contributed by atoms with van der Waals surface area (Å²) in [5.74, 6) is 3.49. The van der Waals surface area contributed by atoms with Crippen molar-refractivity contribution in [3.05, 3.63) is 11.4 Å². The molecule has 0 radical (unpaired) electrons. The number of hydrogen-bond acceptors (Lipinski definition) is 4. The molecular weight excluding hydrogens is 248 g/mol. The molecule has 1 heterocycles. The summed E-state index contributed by atoms with van der Waals surface area (Å²) in [6, 6.07) is 0. The maximum atomic E-state index is 4.81. The largest absolute Gasteiger partial charge is 0.370 e. The van der Waals surface area contributed by atoms with Crippen LogP contribution < -0.4 is 10.2 Å². The number of hydrogen-bond donors (Lipinski definition) is 1. The lowest BCUT2D eigenvalue weighted by molar-refractivity contribution is 0.542. The molecule has 0 aliphatic carbocycles. The molecule has 1 aromatic rings. The van der Waals surface area contributed by atoms with E-state index in [0.717, 1.165) is 36.1 Å². The first kappa shape index (κ1) is 16.7. The topological polar surface area (TPSA) is 41.1 Å². The van der Waals surface area contributed by atoms with Crippen LogP contribution in [-0.2, 0) is 5.41 Å². The van der Waals surface area contributed by atoms with Crippen LogP contribution in [0.25, 0.3) is 0 Å². The summed E-state index contributed by atoms with van der Waals surface area (Å²) in [5.41, 5.74) is 1.08. The lowest BCUT2D eigenvalue weighted by Gasteiger charge is -2.26. The molecule has 0 spiro atoms. The van der Waals surface area contributed by atoms with Gasteiger partial charge in [0.25, 0.3) is 0 Å². The standard InChI is InChI=1S/C16H30N4/c1-9-17-13-12(4)14(20(8)10-11(2)3)19-15(18-13)16(5,6)7/h11H,9-10H2,1-8H3,(H,17,18,19). The number of nitrogens with one attached hydrogen (secondary N) is 1. The van der Waals surface area contributed by atoms with Gasteiger partial charge in [-0.05, 0) is 19.8 Å². The molecule has 4 nitrogen and oxygen atoms in total. The third-order valence-electron chi connectivity index (χ3n) is 3.14. The Morgan fingerprint density at radius 2 is 1.80 bits per heavy atom. The van der Waals surface area contributed by atoms with Gasteiger partial charge >= 0.3 is 0 Å². The van der Waals surface area contributed by atoms with E-state index in [2.05, 4.69) is 65.7 Å². The van der Waals surface area contributed by atoms with Crippen LogP contribution in [0.3, 0.4) is 0 Å². The van der Waals surface area contributed by atoms with Gasteiger partial charge in [-0.25, -0.2) is 9.97 Å². The molecule has 4 heteroatoms. The monoisotopic (exact) mass is 278 g/mol. The third kappa shape index (κ3) is 4.09. The van der Waals surface area contributed by atoms with E-state index in [1.807, 2.05) is 0 Å². The molecule has 0 bridgehead atoms. The van der Waals surface area contributed by atoms with Crippen molar-refractivity contribution in [2.75, 3.05) is 30.4 Å². The molecule has 0 aromatic carbocycles. The van der Waals surface area contributed by atoms with Gasteiger partial charge in [-0.2, -0.15) is 0 Å². The summed E-state index contributed by atoms with van der Waals surface area (Å²) in [7, 11) is 2.11. The first-order chi connectivity index (χ1) is 9.16. The summed E-state index contributed by atoms with van der Waals surface area (Å²) in [6.07, 6.45) is 0. The van der Waals surface area contributed by atoms with Gasteiger partial charge < -0.3 is 10.2 Å². The van der Waals surface area contributed by atoms with Crippen molar-refractivity contribution in [3.63, 3.8) is 0 Å². The molecule has 1 N–H and O–H groups in total. The average molecular weight is 278 g/mol. The van der Waals surface area contributed by atoms with Crippen molar-refractivity contribution in [1.82, 2.24) is 9.97 Å². The molecule has 0 saturated carbocycles. The first-order valence-electron chi connectivity index (χ1n) is 7.51. The van der Waals surface area contributed by atoms with E-state index < -0.39 is 0 Å². The highest BCUT2D eigenvalue weighted by molar-refractivity contribution is 5.58. The zero-order valence-corrected chi connectivity index (χ0v) is 14.3. The Morgan fingerprint density at radius 3 is 2.25 bits per heavy atom. The second-order valence-corrected chi connectivity index (χ2v) is 6.90. The summed E-state index contributed by atoms with van der Waals surface area (Å²) in [4.78, 5) is 11.8. The van der Waals surface area contributed by atoms with Gasteiger partial charge in [-0.3, -0.25) is 0 Å². The fourth-order valence-corrected chi connectivity index (χ4v) is 2.19. The lowest BCUT2D eigenvalue weighted by Crippen LogP contribution is -2.27. The lowest BCUT2D eigenvalue weighted by atomic mass is 9.95. The van der Waals surface area contributed by atoms with E-state index in [1.54, 1.807) is 0 Å². The maximum absolute atomic E-state index is 4.81. The molecule has 0 saturated heterocycles. The maximum Gasteiger partial charge on any atom is 0.138 e. The van der Waals surface area contributed by atoms with E-state index in [0.29, 0.717) is 5.92 Å².